The number of carbonyl (C=O) groups excluding carboxylic acids is 2. The van der Waals surface area contributed by atoms with Crippen LogP contribution in [0.4, 0.5) is 4.79 Å². The Hall–Kier alpha value is -2.32. The van der Waals surface area contributed by atoms with Gasteiger partial charge in [0.2, 0.25) is 5.91 Å². The first-order valence-electron chi connectivity index (χ1n) is 10.2. The molecule has 1 fully saturated rings. The van der Waals surface area contributed by atoms with Crippen molar-refractivity contribution < 1.29 is 19.1 Å². The first-order chi connectivity index (χ1) is 14.0. The van der Waals surface area contributed by atoms with E-state index in [1.54, 1.807) is 7.11 Å². The molecule has 0 aromatic heterocycles. The molecule has 1 aromatic carbocycles. The predicted octanol–water partition coefficient (Wildman–Crippen LogP) is 1.36. The quantitative estimate of drug-likeness (QED) is 0.546. The van der Waals surface area contributed by atoms with Crippen LogP contribution in [-0.4, -0.2) is 69.4 Å². The van der Waals surface area contributed by atoms with Gasteiger partial charge in [-0.15, -0.1) is 0 Å². The highest BCUT2D eigenvalue weighted by Gasteiger charge is 2.22. The number of methoxy groups -OCH3 is 1. The molecule has 0 bridgehead atoms. The third-order valence-corrected chi connectivity index (χ3v) is 4.86. The van der Waals surface area contributed by atoms with E-state index in [2.05, 4.69) is 34.7 Å². The first kappa shape index (κ1) is 23.0. The Morgan fingerprint density at radius 2 is 1.79 bits per heavy atom. The number of carbonyl (C=O) groups is 2. The average Bonchev–Trinajstić information content (AvgIpc) is 2.74. The van der Waals surface area contributed by atoms with Crippen LogP contribution in [0.5, 0.6) is 5.75 Å². The van der Waals surface area contributed by atoms with Crippen LogP contribution >= 0.6 is 0 Å². The number of amides is 3. The van der Waals surface area contributed by atoms with Gasteiger partial charge in [0.1, 0.15) is 5.75 Å². The smallest absolute Gasteiger partial charge is 0.315 e. The average molecular weight is 407 g/mol. The van der Waals surface area contributed by atoms with Gasteiger partial charge in [0, 0.05) is 32.2 Å². The van der Waals surface area contributed by atoms with Crippen LogP contribution in [0.15, 0.2) is 24.3 Å². The molecule has 29 heavy (non-hydrogen) atoms. The summed E-state index contributed by atoms with van der Waals surface area (Å²) >= 11 is 0. The molecule has 0 radical (unpaired) electrons. The van der Waals surface area contributed by atoms with Gasteiger partial charge >= 0.3 is 6.03 Å². The lowest BCUT2D eigenvalue weighted by Gasteiger charge is -2.35. The minimum absolute atomic E-state index is 0.0611. The van der Waals surface area contributed by atoms with Crippen molar-refractivity contribution in [2.45, 2.75) is 32.9 Å². The fraction of sp³-hybridized carbons (Fsp3) is 0.619. The standard InChI is InChI=1S/C21H34N4O4/c1-16(2)12-18(25-8-10-29-11-9-25)14-23-21(27)24-15-20(26)22-13-17-4-6-19(28-3)7-5-17/h4-7,16,18H,8-15H2,1-3H3,(H,22,26)(H2,23,24,27). The van der Waals surface area contributed by atoms with E-state index in [1.165, 1.54) is 0 Å². The van der Waals surface area contributed by atoms with E-state index in [9.17, 15) is 9.59 Å². The van der Waals surface area contributed by atoms with Crippen LogP contribution in [0.2, 0.25) is 0 Å². The highest BCUT2D eigenvalue weighted by atomic mass is 16.5. The summed E-state index contributed by atoms with van der Waals surface area (Å²) in [5.41, 5.74) is 0.964. The van der Waals surface area contributed by atoms with Crippen molar-refractivity contribution in [3.63, 3.8) is 0 Å². The maximum Gasteiger partial charge on any atom is 0.315 e. The Morgan fingerprint density at radius 3 is 2.41 bits per heavy atom. The van der Waals surface area contributed by atoms with Gasteiger partial charge in [-0.2, -0.15) is 0 Å². The SMILES string of the molecule is COc1ccc(CNC(=O)CNC(=O)NCC(CC(C)C)N2CCOCC2)cc1. The van der Waals surface area contributed by atoms with Crippen LogP contribution in [-0.2, 0) is 16.1 Å². The normalized spacial score (nSPS) is 15.6. The maximum atomic E-state index is 12.1. The van der Waals surface area contributed by atoms with Crippen molar-refractivity contribution in [3.05, 3.63) is 29.8 Å². The van der Waals surface area contributed by atoms with Crippen molar-refractivity contribution in [1.29, 1.82) is 0 Å². The number of morpholine rings is 1. The third kappa shape index (κ3) is 8.70. The molecule has 8 heteroatoms. The number of nitrogens with one attached hydrogen (secondary N) is 3. The van der Waals surface area contributed by atoms with E-state index in [4.69, 9.17) is 9.47 Å². The fourth-order valence-electron chi connectivity index (χ4n) is 3.29. The van der Waals surface area contributed by atoms with Gasteiger partial charge in [-0.25, -0.2) is 4.79 Å². The molecule has 162 valence electrons. The van der Waals surface area contributed by atoms with Crippen molar-refractivity contribution in [1.82, 2.24) is 20.9 Å². The van der Waals surface area contributed by atoms with Crippen molar-refractivity contribution >= 4 is 11.9 Å². The Morgan fingerprint density at radius 1 is 1.10 bits per heavy atom. The molecule has 1 saturated heterocycles. The second-order valence-corrected chi connectivity index (χ2v) is 7.62. The lowest BCUT2D eigenvalue weighted by atomic mass is 10.0. The van der Waals surface area contributed by atoms with E-state index in [0.29, 0.717) is 19.0 Å². The van der Waals surface area contributed by atoms with Gasteiger partial charge in [-0.05, 0) is 30.0 Å². The first-order valence-corrected chi connectivity index (χ1v) is 10.2. The summed E-state index contributed by atoms with van der Waals surface area (Å²) in [7, 11) is 1.61. The van der Waals surface area contributed by atoms with Crippen LogP contribution in [0, 0.1) is 5.92 Å². The molecule has 1 unspecified atom stereocenters. The zero-order chi connectivity index (χ0) is 21.1. The lowest BCUT2D eigenvalue weighted by molar-refractivity contribution is -0.120. The second-order valence-electron chi connectivity index (χ2n) is 7.62. The zero-order valence-corrected chi connectivity index (χ0v) is 17.7. The van der Waals surface area contributed by atoms with Crippen molar-refractivity contribution in [2.75, 3.05) is 46.5 Å². The molecule has 1 aliphatic heterocycles. The molecule has 3 N–H and O–H groups in total. The summed E-state index contributed by atoms with van der Waals surface area (Å²) in [6, 6.07) is 7.41. The highest BCUT2D eigenvalue weighted by molar-refractivity contribution is 5.83. The molecule has 2 rings (SSSR count). The summed E-state index contributed by atoms with van der Waals surface area (Å²) in [5.74, 6) is 1.07. The third-order valence-electron chi connectivity index (χ3n) is 4.86. The fourth-order valence-corrected chi connectivity index (χ4v) is 3.29. The minimum Gasteiger partial charge on any atom is -0.497 e. The molecular formula is C21H34N4O4. The Kier molecular flexibility index (Phi) is 9.73. The molecule has 0 spiro atoms. The lowest BCUT2D eigenvalue weighted by Crippen LogP contribution is -2.51. The molecule has 0 saturated carbocycles. The number of ether oxygens (including phenoxy) is 2. The van der Waals surface area contributed by atoms with Gasteiger partial charge in [0.25, 0.3) is 0 Å². The van der Waals surface area contributed by atoms with E-state index < -0.39 is 0 Å². The molecule has 3 amide bonds. The van der Waals surface area contributed by atoms with Gasteiger partial charge < -0.3 is 25.4 Å². The molecule has 0 aliphatic carbocycles. The van der Waals surface area contributed by atoms with Crippen molar-refractivity contribution in [2.24, 2.45) is 5.92 Å². The number of rotatable bonds is 10. The van der Waals surface area contributed by atoms with E-state index in [0.717, 1.165) is 44.0 Å². The largest absolute Gasteiger partial charge is 0.497 e. The van der Waals surface area contributed by atoms with Gasteiger partial charge in [0.05, 0.1) is 26.9 Å². The van der Waals surface area contributed by atoms with Crippen LogP contribution < -0.4 is 20.7 Å². The number of benzene rings is 1. The zero-order valence-electron chi connectivity index (χ0n) is 17.7. The summed E-state index contributed by atoms with van der Waals surface area (Å²) in [4.78, 5) is 26.4. The molecule has 1 heterocycles. The number of hydrogen-bond donors (Lipinski definition) is 3. The highest BCUT2D eigenvalue weighted by Crippen LogP contribution is 2.13. The molecular weight excluding hydrogens is 372 g/mol. The predicted molar refractivity (Wildman–Crippen MR) is 112 cm³/mol. The number of hydrogen-bond acceptors (Lipinski definition) is 5. The molecule has 8 nitrogen and oxygen atoms in total. The van der Waals surface area contributed by atoms with E-state index >= 15 is 0 Å². The maximum absolute atomic E-state index is 12.1. The molecule has 1 atom stereocenters. The Bertz CT molecular complexity index is 630. The monoisotopic (exact) mass is 406 g/mol. The molecule has 1 aromatic rings. The van der Waals surface area contributed by atoms with Crippen molar-refractivity contribution in [3.8, 4) is 5.75 Å². The van der Waals surface area contributed by atoms with Gasteiger partial charge in [-0.1, -0.05) is 26.0 Å². The van der Waals surface area contributed by atoms with E-state index in [-0.39, 0.29) is 24.5 Å². The van der Waals surface area contributed by atoms with E-state index in [1.807, 2.05) is 24.3 Å². The summed E-state index contributed by atoms with van der Waals surface area (Å²) in [6.07, 6.45) is 1.00. The van der Waals surface area contributed by atoms with Gasteiger partial charge in [0.15, 0.2) is 0 Å². The topological polar surface area (TPSA) is 91.9 Å². The van der Waals surface area contributed by atoms with Crippen LogP contribution in [0.25, 0.3) is 0 Å². The Labute approximate surface area is 173 Å². The summed E-state index contributed by atoms with van der Waals surface area (Å²) in [6.45, 7) is 8.49. The second kappa shape index (κ2) is 12.3. The minimum atomic E-state index is -0.327. The number of urea groups is 1. The van der Waals surface area contributed by atoms with Crippen LogP contribution in [0.1, 0.15) is 25.8 Å². The summed E-state index contributed by atoms with van der Waals surface area (Å²) in [5, 5.41) is 8.31. The molecule has 1 aliphatic rings. The number of nitrogens with zero attached hydrogens (tertiary/aromatic N) is 1. The van der Waals surface area contributed by atoms with Gasteiger partial charge in [-0.3, -0.25) is 9.69 Å². The summed E-state index contributed by atoms with van der Waals surface area (Å²) < 4.78 is 10.5. The van der Waals surface area contributed by atoms with Crippen LogP contribution in [0.3, 0.4) is 0 Å². The Balaban J connectivity index is 1.68.